The first kappa shape index (κ1) is 22.6. The minimum Gasteiger partial charge on any atom is -0.360 e. The summed E-state index contributed by atoms with van der Waals surface area (Å²) in [5.74, 6) is -1.41. The summed E-state index contributed by atoms with van der Waals surface area (Å²) in [6, 6.07) is 0. The Bertz CT molecular complexity index is 1020. The van der Waals surface area contributed by atoms with E-state index in [1.165, 1.54) is 30.1 Å². The molecule has 1 saturated heterocycles. The zero-order valence-corrected chi connectivity index (χ0v) is 17.9. The van der Waals surface area contributed by atoms with Gasteiger partial charge in [0.2, 0.25) is 21.8 Å². The van der Waals surface area contributed by atoms with Crippen LogP contribution in [0, 0.1) is 13.8 Å². The average molecular weight is 468 g/mol. The number of aromatic nitrogens is 4. The lowest BCUT2D eigenvalue weighted by atomic mass is 10.3. The van der Waals surface area contributed by atoms with Crippen molar-refractivity contribution in [1.82, 2.24) is 29.1 Å². The molecule has 2 aromatic heterocycles. The summed E-state index contributed by atoms with van der Waals surface area (Å²) in [6.07, 6.45) is -4.63. The van der Waals surface area contributed by atoms with Crippen LogP contribution in [0.3, 0.4) is 0 Å². The van der Waals surface area contributed by atoms with E-state index in [1.807, 2.05) is 0 Å². The zero-order chi connectivity index (χ0) is 22.3. The van der Waals surface area contributed by atoms with Crippen molar-refractivity contribution in [2.45, 2.75) is 30.1 Å². The van der Waals surface area contributed by atoms with Gasteiger partial charge < -0.3 is 14.0 Å². The van der Waals surface area contributed by atoms with Crippen LogP contribution in [0.15, 0.2) is 14.6 Å². The van der Waals surface area contributed by atoms with Crippen LogP contribution >= 0.6 is 11.8 Å². The van der Waals surface area contributed by atoms with Crippen LogP contribution < -0.4 is 0 Å². The van der Waals surface area contributed by atoms with E-state index in [-0.39, 0.29) is 59.3 Å². The van der Waals surface area contributed by atoms with E-state index in [0.717, 1.165) is 16.3 Å². The molecule has 0 aliphatic carbocycles. The van der Waals surface area contributed by atoms with Crippen molar-refractivity contribution in [2.24, 2.45) is 7.05 Å². The predicted octanol–water partition coefficient (Wildman–Crippen LogP) is 1.06. The highest BCUT2D eigenvalue weighted by Gasteiger charge is 2.38. The molecule has 15 heteroatoms. The van der Waals surface area contributed by atoms with E-state index in [1.54, 1.807) is 0 Å². The Morgan fingerprint density at radius 3 is 2.30 bits per heavy atom. The number of piperazine rings is 1. The van der Waals surface area contributed by atoms with Crippen LogP contribution in [0.5, 0.6) is 0 Å². The lowest BCUT2D eigenvalue weighted by Crippen LogP contribution is -2.51. The number of carbonyl (C=O) groups excluding carboxylic acids is 1. The maximum atomic E-state index is 12.8. The SMILES string of the molecule is Cc1noc(C)c1S(=O)(=O)N1CCN(C(=O)CSc2nnc(C(F)(F)F)n2C)CC1. The zero-order valence-electron chi connectivity index (χ0n) is 16.3. The number of carbonyl (C=O) groups is 1. The van der Waals surface area contributed by atoms with E-state index in [4.69, 9.17) is 4.52 Å². The van der Waals surface area contributed by atoms with Crippen molar-refractivity contribution in [2.75, 3.05) is 31.9 Å². The number of hydrogen-bond donors (Lipinski definition) is 0. The van der Waals surface area contributed by atoms with Crippen molar-refractivity contribution in [3.05, 3.63) is 17.3 Å². The number of amides is 1. The van der Waals surface area contributed by atoms with Gasteiger partial charge >= 0.3 is 6.18 Å². The summed E-state index contributed by atoms with van der Waals surface area (Å²) in [5, 5.41) is 10.2. The molecular formula is C15H19F3N6O4S2. The standard InChI is InChI=1S/C15H19F3N6O4S2/c1-9-12(10(2)28-21-9)30(26,27)24-6-4-23(5-7-24)11(25)8-29-14-20-19-13(22(14)3)15(16,17)18/h4-8H2,1-3H3. The first-order valence-corrected chi connectivity index (χ1v) is 11.2. The summed E-state index contributed by atoms with van der Waals surface area (Å²) in [4.78, 5) is 13.9. The maximum absolute atomic E-state index is 12.8. The monoisotopic (exact) mass is 468 g/mol. The molecule has 0 atom stereocenters. The molecule has 3 heterocycles. The molecule has 0 N–H and O–H groups in total. The molecule has 1 aliphatic rings. The fourth-order valence-electron chi connectivity index (χ4n) is 3.05. The third kappa shape index (κ3) is 4.32. The number of halogens is 3. The fraction of sp³-hybridized carbons (Fsp3) is 0.600. The number of alkyl halides is 3. The quantitative estimate of drug-likeness (QED) is 0.599. The van der Waals surface area contributed by atoms with Crippen LogP contribution in [0.4, 0.5) is 13.2 Å². The third-order valence-corrected chi connectivity index (χ3v) is 7.72. The summed E-state index contributed by atoms with van der Waals surface area (Å²) in [5.41, 5.74) is 0.268. The molecule has 0 unspecified atom stereocenters. The van der Waals surface area contributed by atoms with Gasteiger partial charge in [0.1, 0.15) is 10.6 Å². The minimum atomic E-state index is -4.63. The molecule has 0 saturated carbocycles. The molecule has 3 rings (SSSR count). The van der Waals surface area contributed by atoms with Crippen LogP contribution in [0.1, 0.15) is 17.3 Å². The Hall–Kier alpha value is -2.13. The second-order valence-electron chi connectivity index (χ2n) is 6.59. The fourth-order valence-corrected chi connectivity index (χ4v) is 5.58. The van der Waals surface area contributed by atoms with Crippen LogP contribution in [-0.4, -0.2) is 75.4 Å². The molecule has 0 bridgehead atoms. The van der Waals surface area contributed by atoms with Crippen molar-refractivity contribution < 1.29 is 30.9 Å². The molecule has 2 aromatic rings. The van der Waals surface area contributed by atoms with Gasteiger partial charge in [-0.1, -0.05) is 16.9 Å². The maximum Gasteiger partial charge on any atom is 0.451 e. The lowest BCUT2D eigenvalue weighted by molar-refractivity contribution is -0.147. The number of sulfonamides is 1. The second-order valence-corrected chi connectivity index (χ2v) is 9.41. The van der Waals surface area contributed by atoms with Crippen LogP contribution in [-0.2, 0) is 28.0 Å². The molecule has 1 aliphatic heterocycles. The topological polar surface area (TPSA) is 114 Å². The van der Waals surface area contributed by atoms with Gasteiger partial charge in [-0.15, -0.1) is 10.2 Å². The highest BCUT2D eigenvalue weighted by atomic mass is 32.2. The predicted molar refractivity (Wildman–Crippen MR) is 98.0 cm³/mol. The van der Waals surface area contributed by atoms with E-state index >= 15 is 0 Å². The number of thioether (sulfide) groups is 1. The Balaban J connectivity index is 1.58. The molecular weight excluding hydrogens is 449 g/mol. The highest BCUT2D eigenvalue weighted by molar-refractivity contribution is 7.99. The Kier molecular flexibility index (Phi) is 6.15. The summed E-state index contributed by atoms with van der Waals surface area (Å²) in [6.45, 7) is 3.55. The second kappa shape index (κ2) is 8.19. The smallest absolute Gasteiger partial charge is 0.360 e. The molecule has 0 radical (unpaired) electrons. The van der Waals surface area contributed by atoms with Gasteiger partial charge in [0, 0.05) is 33.2 Å². The number of aryl methyl sites for hydroxylation is 2. The molecule has 0 spiro atoms. The van der Waals surface area contributed by atoms with Gasteiger partial charge in [0.05, 0.1) is 5.75 Å². The van der Waals surface area contributed by atoms with Gasteiger partial charge in [-0.2, -0.15) is 17.5 Å². The molecule has 166 valence electrons. The minimum absolute atomic E-state index is 0.0283. The molecule has 30 heavy (non-hydrogen) atoms. The number of hydrogen-bond acceptors (Lipinski definition) is 8. The van der Waals surface area contributed by atoms with E-state index in [0.29, 0.717) is 0 Å². The van der Waals surface area contributed by atoms with E-state index < -0.39 is 22.0 Å². The van der Waals surface area contributed by atoms with Gasteiger partial charge in [-0.25, -0.2) is 8.42 Å². The van der Waals surface area contributed by atoms with Gasteiger partial charge in [-0.05, 0) is 13.8 Å². The summed E-state index contributed by atoms with van der Waals surface area (Å²) in [7, 11) is -2.62. The Morgan fingerprint density at radius 1 is 1.17 bits per heavy atom. The molecule has 1 amide bonds. The molecule has 1 fully saturated rings. The van der Waals surface area contributed by atoms with Crippen molar-refractivity contribution in [1.29, 1.82) is 0 Å². The normalized spacial score (nSPS) is 16.3. The molecule has 0 aromatic carbocycles. The number of rotatable bonds is 5. The van der Waals surface area contributed by atoms with E-state index in [2.05, 4.69) is 15.4 Å². The summed E-state index contributed by atoms with van der Waals surface area (Å²) >= 11 is 0.840. The van der Waals surface area contributed by atoms with Gasteiger partial charge in [-0.3, -0.25) is 4.79 Å². The van der Waals surface area contributed by atoms with Gasteiger partial charge in [0.25, 0.3) is 0 Å². The van der Waals surface area contributed by atoms with E-state index in [9.17, 15) is 26.4 Å². The lowest BCUT2D eigenvalue weighted by Gasteiger charge is -2.33. The Labute approximate surface area is 174 Å². The summed E-state index contributed by atoms with van der Waals surface area (Å²) < 4.78 is 70.9. The Morgan fingerprint density at radius 2 is 1.80 bits per heavy atom. The molecule has 10 nitrogen and oxygen atoms in total. The first-order chi connectivity index (χ1) is 13.9. The number of nitrogens with zero attached hydrogens (tertiary/aromatic N) is 6. The van der Waals surface area contributed by atoms with Crippen molar-refractivity contribution in [3.8, 4) is 0 Å². The largest absolute Gasteiger partial charge is 0.451 e. The third-order valence-electron chi connectivity index (χ3n) is 4.57. The van der Waals surface area contributed by atoms with Crippen molar-refractivity contribution in [3.63, 3.8) is 0 Å². The van der Waals surface area contributed by atoms with Crippen LogP contribution in [0.25, 0.3) is 0 Å². The highest BCUT2D eigenvalue weighted by Crippen LogP contribution is 2.30. The van der Waals surface area contributed by atoms with Crippen LogP contribution in [0.2, 0.25) is 0 Å². The van der Waals surface area contributed by atoms with Crippen molar-refractivity contribution >= 4 is 27.7 Å². The average Bonchev–Trinajstić information content (AvgIpc) is 3.21. The van der Waals surface area contributed by atoms with Gasteiger partial charge in [0.15, 0.2) is 10.9 Å². The first-order valence-electron chi connectivity index (χ1n) is 8.73.